The number of hydrogen-bond donors (Lipinski definition) is 3. The number of benzene rings is 2. The Labute approximate surface area is 148 Å². The van der Waals surface area contributed by atoms with Gasteiger partial charge in [-0.3, -0.25) is 0 Å². The molecule has 0 saturated carbocycles. The highest BCUT2D eigenvalue weighted by Gasteiger charge is 2.21. The minimum atomic E-state index is -0.128. The van der Waals surface area contributed by atoms with Crippen molar-refractivity contribution in [3.63, 3.8) is 0 Å². The van der Waals surface area contributed by atoms with Crippen LogP contribution in [0.5, 0.6) is 17.4 Å². The van der Waals surface area contributed by atoms with Crippen molar-refractivity contribution in [3.8, 4) is 34.5 Å². The Balaban J connectivity index is 1.87. The highest BCUT2D eigenvalue weighted by molar-refractivity contribution is 5.83. The van der Waals surface area contributed by atoms with Crippen molar-refractivity contribution < 1.29 is 14.6 Å². The van der Waals surface area contributed by atoms with Crippen molar-refractivity contribution in [1.29, 1.82) is 0 Å². The number of imidazole rings is 1. The van der Waals surface area contributed by atoms with Crippen LogP contribution in [-0.2, 0) is 0 Å². The van der Waals surface area contributed by atoms with Gasteiger partial charge >= 0.3 is 0 Å². The number of ether oxygens (including phenoxy) is 2. The molecule has 0 aliphatic rings. The van der Waals surface area contributed by atoms with Gasteiger partial charge in [0.1, 0.15) is 22.9 Å². The molecule has 0 bridgehead atoms. The highest BCUT2D eigenvalue weighted by Crippen LogP contribution is 2.36. The molecule has 2 aromatic heterocycles. The smallest absolute Gasteiger partial charge is 0.227 e. The first-order valence-electron chi connectivity index (χ1n) is 7.86. The van der Waals surface area contributed by atoms with Crippen LogP contribution < -0.4 is 15.2 Å². The van der Waals surface area contributed by atoms with E-state index in [-0.39, 0.29) is 11.7 Å². The van der Waals surface area contributed by atoms with Gasteiger partial charge in [0.15, 0.2) is 5.82 Å². The van der Waals surface area contributed by atoms with E-state index >= 15 is 0 Å². The summed E-state index contributed by atoms with van der Waals surface area (Å²) in [6, 6.07) is 12.7. The molecule has 0 unspecified atom stereocenters. The molecule has 2 aromatic carbocycles. The second-order valence-electron chi connectivity index (χ2n) is 5.67. The lowest BCUT2D eigenvalue weighted by Gasteiger charge is -2.09. The van der Waals surface area contributed by atoms with Crippen molar-refractivity contribution in [2.45, 2.75) is 0 Å². The number of fused-ring (bicyclic) bond motifs is 1. The van der Waals surface area contributed by atoms with Crippen LogP contribution >= 0.6 is 0 Å². The maximum atomic E-state index is 10.7. The number of anilines is 1. The van der Waals surface area contributed by atoms with Crippen LogP contribution in [-0.4, -0.2) is 39.1 Å². The number of nitrogens with one attached hydrogen (secondary N) is 1. The van der Waals surface area contributed by atoms with E-state index in [0.717, 1.165) is 11.0 Å². The molecule has 4 N–H and O–H groups in total. The molecule has 0 radical (unpaired) electrons. The number of nitrogens with two attached hydrogens (primary N) is 1. The summed E-state index contributed by atoms with van der Waals surface area (Å²) in [5.74, 6) is 1.61. The van der Waals surface area contributed by atoms with Crippen LogP contribution in [0, 0.1) is 0 Å². The number of methoxy groups -OCH3 is 2. The maximum Gasteiger partial charge on any atom is 0.227 e. The van der Waals surface area contributed by atoms with Gasteiger partial charge in [0, 0.05) is 18.2 Å². The van der Waals surface area contributed by atoms with Gasteiger partial charge < -0.3 is 25.3 Å². The molecule has 132 valence electrons. The van der Waals surface area contributed by atoms with Crippen molar-refractivity contribution in [2.75, 3.05) is 20.0 Å². The molecule has 0 atom stereocenters. The third-order valence-electron chi connectivity index (χ3n) is 4.10. The summed E-state index contributed by atoms with van der Waals surface area (Å²) >= 11 is 0. The largest absolute Gasteiger partial charge is 0.497 e. The van der Waals surface area contributed by atoms with Crippen LogP contribution in [0.1, 0.15) is 0 Å². The van der Waals surface area contributed by atoms with E-state index in [1.807, 2.05) is 24.3 Å². The SMILES string of the molecule is COc1cc(OC)cc(-n2nc(N)c(-c3nc4ccccc4[nH]3)c2O)c1. The van der Waals surface area contributed by atoms with E-state index in [9.17, 15) is 5.11 Å². The number of aromatic hydroxyl groups is 1. The molecule has 8 nitrogen and oxygen atoms in total. The van der Waals surface area contributed by atoms with Crippen LogP contribution in [0.15, 0.2) is 42.5 Å². The van der Waals surface area contributed by atoms with Crippen LogP contribution in [0.2, 0.25) is 0 Å². The first kappa shape index (κ1) is 15.8. The Bertz CT molecular complexity index is 1040. The van der Waals surface area contributed by atoms with Crippen molar-refractivity contribution in [2.24, 2.45) is 0 Å². The van der Waals surface area contributed by atoms with Crippen LogP contribution in [0.3, 0.4) is 0 Å². The van der Waals surface area contributed by atoms with Gasteiger partial charge in [0.2, 0.25) is 5.88 Å². The van der Waals surface area contributed by atoms with E-state index in [1.54, 1.807) is 32.4 Å². The fourth-order valence-corrected chi connectivity index (χ4v) is 2.82. The molecule has 0 saturated heterocycles. The summed E-state index contributed by atoms with van der Waals surface area (Å²) in [6.45, 7) is 0. The van der Waals surface area contributed by atoms with E-state index in [1.165, 1.54) is 4.68 Å². The maximum absolute atomic E-state index is 10.7. The molecule has 0 amide bonds. The number of H-pyrrole nitrogens is 1. The molecule has 0 spiro atoms. The molecule has 8 heteroatoms. The van der Waals surface area contributed by atoms with Gasteiger partial charge in [-0.05, 0) is 12.1 Å². The fourth-order valence-electron chi connectivity index (χ4n) is 2.82. The van der Waals surface area contributed by atoms with Gasteiger partial charge in [-0.2, -0.15) is 4.68 Å². The zero-order chi connectivity index (χ0) is 18.3. The molecule has 4 rings (SSSR count). The number of hydrogen-bond acceptors (Lipinski definition) is 6. The predicted octanol–water partition coefficient (Wildman–Crippen LogP) is 2.72. The van der Waals surface area contributed by atoms with E-state index in [2.05, 4.69) is 15.1 Å². The average Bonchev–Trinajstić information content (AvgIpc) is 3.21. The molecule has 0 aliphatic heterocycles. The molecule has 2 heterocycles. The molecular weight excluding hydrogens is 334 g/mol. The molecule has 4 aromatic rings. The Morgan fingerprint density at radius 2 is 1.77 bits per heavy atom. The van der Waals surface area contributed by atoms with Crippen molar-refractivity contribution >= 4 is 16.9 Å². The predicted molar refractivity (Wildman–Crippen MR) is 97.8 cm³/mol. The first-order valence-corrected chi connectivity index (χ1v) is 7.86. The van der Waals surface area contributed by atoms with E-state index in [4.69, 9.17) is 15.2 Å². The quantitative estimate of drug-likeness (QED) is 0.521. The van der Waals surface area contributed by atoms with E-state index in [0.29, 0.717) is 28.6 Å². The molecule has 0 fully saturated rings. The zero-order valence-corrected chi connectivity index (χ0v) is 14.2. The topological polar surface area (TPSA) is 111 Å². The summed E-state index contributed by atoms with van der Waals surface area (Å²) in [4.78, 5) is 7.63. The lowest BCUT2D eigenvalue weighted by atomic mass is 10.2. The van der Waals surface area contributed by atoms with Crippen molar-refractivity contribution in [1.82, 2.24) is 19.7 Å². The Hall–Kier alpha value is -3.68. The molecular formula is C18H17N5O3. The molecule has 0 aliphatic carbocycles. The van der Waals surface area contributed by atoms with Crippen LogP contribution in [0.25, 0.3) is 28.1 Å². The second-order valence-corrected chi connectivity index (χ2v) is 5.67. The minimum absolute atomic E-state index is 0.128. The average molecular weight is 351 g/mol. The number of para-hydroxylation sites is 2. The Morgan fingerprint density at radius 3 is 2.42 bits per heavy atom. The van der Waals surface area contributed by atoms with Gasteiger partial charge in [0.05, 0.1) is 30.9 Å². The van der Waals surface area contributed by atoms with Gasteiger partial charge in [0.25, 0.3) is 0 Å². The second kappa shape index (κ2) is 5.99. The number of rotatable bonds is 4. The van der Waals surface area contributed by atoms with Gasteiger partial charge in [-0.15, -0.1) is 5.10 Å². The summed E-state index contributed by atoms with van der Waals surface area (Å²) in [5.41, 5.74) is 8.56. The lowest BCUT2D eigenvalue weighted by Crippen LogP contribution is -1.99. The van der Waals surface area contributed by atoms with Gasteiger partial charge in [-0.1, -0.05) is 12.1 Å². The highest BCUT2D eigenvalue weighted by atomic mass is 16.5. The fraction of sp³-hybridized carbons (Fsp3) is 0.111. The number of aromatic nitrogens is 4. The van der Waals surface area contributed by atoms with Gasteiger partial charge in [-0.25, -0.2) is 4.98 Å². The summed E-state index contributed by atoms with van der Waals surface area (Å²) in [7, 11) is 3.10. The summed E-state index contributed by atoms with van der Waals surface area (Å²) in [5, 5.41) is 15.0. The van der Waals surface area contributed by atoms with E-state index < -0.39 is 0 Å². The monoisotopic (exact) mass is 351 g/mol. The number of nitrogens with zero attached hydrogens (tertiary/aromatic N) is 3. The summed E-state index contributed by atoms with van der Waals surface area (Å²) < 4.78 is 11.9. The third kappa shape index (κ3) is 2.48. The Kier molecular flexibility index (Phi) is 3.65. The Morgan fingerprint density at radius 1 is 1.08 bits per heavy atom. The third-order valence-corrected chi connectivity index (χ3v) is 4.10. The zero-order valence-electron chi connectivity index (χ0n) is 14.2. The van der Waals surface area contributed by atoms with Crippen LogP contribution in [0.4, 0.5) is 5.82 Å². The standard InChI is InChI=1S/C18H17N5O3/c1-25-11-7-10(8-12(9-11)26-2)23-18(24)15(16(19)22-23)17-20-13-5-3-4-6-14(13)21-17/h3-9,24H,1-2H3,(H2,19,22)(H,20,21). The number of aromatic amines is 1. The first-order chi connectivity index (χ1) is 12.6. The minimum Gasteiger partial charge on any atom is -0.497 e. The molecule has 26 heavy (non-hydrogen) atoms. The number of nitrogen functional groups attached to an aromatic ring is 1. The normalized spacial score (nSPS) is 11.0. The summed E-state index contributed by atoms with van der Waals surface area (Å²) in [6.07, 6.45) is 0. The van der Waals surface area contributed by atoms with Crippen molar-refractivity contribution in [3.05, 3.63) is 42.5 Å². The lowest BCUT2D eigenvalue weighted by molar-refractivity contribution is 0.392.